The molecule has 2 aromatic rings. The predicted molar refractivity (Wildman–Crippen MR) is 111 cm³/mol. The normalized spacial score (nSPS) is 14.0. The number of anilines is 2. The first-order valence-corrected chi connectivity index (χ1v) is 9.67. The number of amides is 2. The number of ether oxygens (including phenoxy) is 1. The van der Waals surface area contributed by atoms with Crippen LogP contribution in [-0.2, 0) is 4.79 Å². The molecule has 0 bridgehead atoms. The highest BCUT2D eigenvalue weighted by Gasteiger charge is 2.20. The summed E-state index contributed by atoms with van der Waals surface area (Å²) in [5.41, 5.74) is 2.25. The number of carbonyl (C=O) groups is 2. The zero-order valence-electron chi connectivity index (χ0n) is 16.1. The van der Waals surface area contributed by atoms with Crippen LogP contribution < -0.4 is 15.0 Å². The maximum atomic E-state index is 12.4. The molecule has 2 aromatic carbocycles. The molecule has 0 aromatic heterocycles. The summed E-state index contributed by atoms with van der Waals surface area (Å²) in [6.07, 6.45) is 0.549. The van der Waals surface area contributed by atoms with Crippen molar-refractivity contribution in [3.05, 3.63) is 53.1 Å². The van der Waals surface area contributed by atoms with Gasteiger partial charge in [-0.2, -0.15) is 0 Å². The van der Waals surface area contributed by atoms with E-state index in [1.807, 2.05) is 36.1 Å². The van der Waals surface area contributed by atoms with Crippen molar-refractivity contribution in [3.8, 4) is 5.75 Å². The topological polar surface area (TPSA) is 61.9 Å². The van der Waals surface area contributed by atoms with E-state index in [9.17, 15) is 9.59 Å². The van der Waals surface area contributed by atoms with Crippen molar-refractivity contribution >= 4 is 34.8 Å². The first kappa shape index (κ1) is 20.0. The number of hydrogen-bond acceptors (Lipinski definition) is 4. The fraction of sp³-hybridized carbons (Fsp3) is 0.333. The molecular weight excluding hydrogens is 378 g/mol. The molecule has 2 amide bonds. The van der Waals surface area contributed by atoms with E-state index >= 15 is 0 Å². The second kappa shape index (κ2) is 8.97. The van der Waals surface area contributed by atoms with Gasteiger partial charge in [-0.25, -0.2) is 0 Å². The van der Waals surface area contributed by atoms with Gasteiger partial charge in [0.2, 0.25) is 5.91 Å². The van der Waals surface area contributed by atoms with Crippen molar-refractivity contribution in [2.45, 2.75) is 13.3 Å². The Kier molecular flexibility index (Phi) is 6.41. The number of piperazine rings is 1. The molecule has 7 heteroatoms. The van der Waals surface area contributed by atoms with Crippen molar-refractivity contribution < 1.29 is 14.3 Å². The van der Waals surface area contributed by atoms with E-state index in [0.29, 0.717) is 28.4 Å². The smallest absolute Gasteiger partial charge is 0.255 e. The van der Waals surface area contributed by atoms with Gasteiger partial charge < -0.3 is 19.9 Å². The number of hydrogen-bond donors (Lipinski definition) is 1. The van der Waals surface area contributed by atoms with Crippen LogP contribution in [0, 0.1) is 0 Å². The summed E-state index contributed by atoms with van der Waals surface area (Å²) in [6.45, 7) is 4.98. The lowest BCUT2D eigenvalue weighted by atomic mass is 10.2. The average Bonchev–Trinajstić information content (AvgIpc) is 2.73. The summed E-state index contributed by atoms with van der Waals surface area (Å²) < 4.78 is 5.10. The fourth-order valence-electron chi connectivity index (χ4n) is 3.20. The molecule has 0 spiro atoms. The quantitative estimate of drug-likeness (QED) is 0.830. The van der Waals surface area contributed by atoms with E-state index in [0.717, 1.165) is 31.9 Å². The van der Waals surface area contributed by atoms with Crippen LogP contribution in [0.4, 0.5) is 11.4 Å². The van der Waals surface area contributed by atoms with E-state index in [-0.39, 0.29) is 11.8 Å². The van der Waals surface area contributed by atoms with Crippen molar-refractivity contribution in [3.63, 3.8) is 0 Å². The van der Waals surface area contributed by atoms with Gasteiger partial charge in [0.15, 0.2) is 0 Å². The van der Waals surface area contributed by atoms with Crippen molar-refractivity contribution in [2.24, 2.45) is 0 Å². The first-order valence-electron chi connectivity index (χ1n) is 9.29. The first-order chi connectivity index (χ1) is 13.5. The molecule has 0 atom stereocenters. The van der Waals surface area contributed by atoms with Gasteiger partial charge in [-0.3, -0.25) is 9.59 Å². The van der Waals surface area contributed by atoms with Gasteiger partial charge in [-0.15, -0.1) is 0 Å². The number of nitrogens with one attached hydrogen (secondary N) is 1. The number of benzene rings is 2. The van der Waals surface area contributed by atoms with Crippen LogP contribution in [0.25, 0.3) is 0 Å². The summed E-state index contributed by atoms with van der Waals surface area (Å²) in [4.78, 5) is 28.4. The molecule has 1 aliphatic rings. The number of nitrogens with zero attached hydrogens (tertiary/aromatic N) is 2. The van der Waals surface area contributed by atoms with Crippen LogP contribution >= 0.6 is 11.6 Å². The third kappa shape index (κ3) is 4.57. The van der Waals surface area contributed by atoms with Gasteiger partial charge in [-0.1, -0.05) is 18.5 Å². The third-order valence-electron chi connectivity index (χ3n) is 4.84. The summed E-state index contributed by atoms with van der Waals surface area (Å²) in [6, 6.07) is 12.6. The molecule has 3 rings (SSSR count). The molecule has 0 aliphatic carbocycles. The lowest BCUT2D eigenvalue weighted by Gasteiger charge is -2.36. The van der Waals surface area contributed by atoms with Crippen LogP contribution in [-0.4, -0.2) is 50.0 Å². The van der Waals surface area contributed by atoms with Crippen LogP contribution in [0.1, 0.15) is 23.7 Å². The van der Waals surface area contributed by atoms with E-state index < -0.39 is 0 Å². The van der Waals surface area contributed by atoms with Gasteiger partial charge in [-0.05, 0) is 42.5 Å². The van der Waals surface area contributed by atoms with E-state index in [1.165, 1.54) is 7.11 Å². The lowest BCUT2D eigenvalue weighted by molar-refractivity contribution is -0.131. The molecule has 1 aliphatic heterocycles. The van der Waals surface area contributed by atoms with Crippen LogP contribution in [0.5, 0.6) is 5.75 Å². The Labute approximate surface area is 170 Å². The molecule has 6 nitrogen and oxygen atoms in total. The number of halogens is 1. The minimum Gasteiger partial charge on any atom is -0.495 e. The van der Waals surface area contributed by atoms with Crippen LogP contribution in [0.3, 0.4) is 0 Å². The van der Waals surface area contributed by atoms with Crippen molar-refractivity contribution in [1.29, 1.82) is 0 Å². The monoisotopic (exact) mass is 401 g/mol. The highest BCUT2D eigenvalue weighted by atomic mass is 35.5. The molecular formula is C21H24ClN3O3. The Morgan fingerprint density at radius 3 is 2.32 bits per heavy atom. The van der Waals surface area contributed by atoms with Gasteiger partial charge in [0, 0.05) is 49.5 Å². The molecule has 1 saturated heterocycles. The molecule has 148 valence electrons. The van der Waals surface area contributed by atoms with Gasteiger partial charge in [0.05, 0.1) is 12.1 Å². The van der Waals surface area contributed by atoms with Crippen LogP contribution in [0.2, 0.25) is 5.02 Å². The molecule has 1 heterocycles. The second-order valence-electron chi connectivity index (χ2n) is 6.57. The molecule has 0 saturated carbocycles. The largest absolute Gasteiger partial charge is 0.495 e. The predicted octanol–water partition coefficient (Wildman–Crippen LogP) is 3.66. The fourth-order valence-corrected chi connectivity index (χ4v) is 3.46. The zero-order chi connectivity index (χ0) is 20.1. The zero-order valence-corrected chi connectivity index (χ0v) is 16.8. The van der Waals surface area contributed by atoms with E-state index in [4.69, 9.17) is 16.3 Å². The van der Waals surface area contributed by atoms with Gasteiger partial charge in [0.1, 0.15) is 5.75 Å². The Balaban J connectivity index is 1.59. The Hall–Kier alpha value is -2.73. The Morgan fingerprint density at radius 2 is 1.75 bits per heavy atom. The van der Waals surface area contributed by atoms with Crippen molar-refractivity contribution in [1.82, 2.24) is 4.90 Å². The number of rotatable bonds is 5. The minimum absolute atomic E-state index is 0.205. The van der Waals surface area contributed by atoms with Crippen molar-refractivity contribution in [2.75, 3.05) is 43.5 Å². The Bertz CT molecular complexity index is 846. The highest BCUT2D eigenvalue weighted by Crippen LogP contribution is 2.26. The summed E-state index contributed by atoms with van der Waals surface area (Å²) >= 11 is 6.09. The summed E-state index contributed by atoms with van der Waals surface area (Å²) in [5.74, 6) is 0.503. The molecule has 1 N–H and O–H groups in total. The molecule has 1 fully saturated rings. The average molecular weight is 402 g/mol. The molecule has 0 unspecified atom stereocenters. The number of methoxy groups -OCH3 is 1. The van der Waals surface area contributed by atoms with Crippen LogP contribution in [0.15, 0.2) is 42.5 Å². The van der Waals surface area contributed by atoms with Gasteiger partial charge >= 0.3 is 0 Å². The maximum Gasteiger partial charge on any atom is 0.255 e. The van der Waals surface area contributed by atoms with E-state index in [2.05, 4.69) is 10.2 Å². The standard InChI is InChI=1S/C21H24ClN3O3/c1-3-20(26)25-12-10-24(11-13-25)17-7-5-16(6-8-17)23-21(27)15-4-9-19(28-2)18(22)14-15/h4-9,14H,3,10-13H2,1-2H3,(H,23,27). The minimum atomic E-state index is -0.232. The Morgan fingerprint density at radius 1 is 1.07 bits per heavy atom. The van der Waals surface area contributed by atoms with Gasteiger partial charge in [0.25, 0.3) is 5.91 Å². The maximum absolute atomic E-state index is 12.4. The lowest BCUT2D eigenvalue weighted by Crippen LogP contribution is -2.48. The third-order valence-corrected chi connectivity index (χ3v) is 5.13. The molecule has 28 heavy (non-hydrogen) atoms. The highest BCUT2D eigenvalue weighted by molar-refractivity contribution is 6.32. The van der Waals surface area contributed by atoms with E-state index in [1.54, 1.807) is 18.2 Å². The summed E-state index contributed by atoms with van der Waals surface area (Å²) in [5, 5.41) is 3.27. The summed E-state index contributed by atoms with van der Waals surface area (Å²) in [7, 11) is 1.53. The second-order valence-corrected chi connectivity index (χ2v) is 6.98. The SMILES string of the molecule is CCC(=O)N1CCN(c2ccc(NC(=O)c3ccc(OC)c(Cl)c3)cc2)CC1. The molecule has 0 radical (unpaired) electrons. The number of carbonyl (C=O) groups excluding carboxylic acids is 2.